The highest BCUT2D eigenvalue weighted by Crippen LogP contribution is 2.18. The maximum Gasteiger partial charge on any atom is 0.353 e. The Bertz CT molecular complexity index is 331. The van der Waals surface area contributed by atoms with Crippen molar-refractivity contribution in [3.8, 4) is 0 Å². The summed E-state index contributed by atoms with van der Waals surface area (Å²) in [4.78, 5) is 31.5. The fourth-order valence-corrected chi connectivity index (χ4v) is 0.631. The zero-order chi connectivity index (χ0) is 11.5. The number of hydrogen-bond acceptors (Lipinski definition) is 5. The summed E-state index contributed by atoms with van der Waals surface area (Å²) in [6.07, 6.45) is 5.80. The Kier molecular flexibility index (Phi) is 2.99. The standard InChI is InChI=1S/C9H11NO5/c1-9(2,7(11)12)8(13)15-10-5-3-4-6-14-10/h3-6H,1-2H3,(H,11,12). The third-order valence-corrected chi connectivity index (χ3v) is 1.78. The van der Waals surface area contributed by atoms with Crippen molar-refractivity contribution in [2.75, 3.05) is 0 Å². The van der Waals surface area contributed by atoms with Crippen LogP contribution in [0.2, 0.25) is 0 Å². The molecule has 0 saturated heterocycles. The van der Waals surface area contributed by atoms with Gasteiger partial charge in [0.2, 0.25) is 0 Å². The number of carboxylic acids is 1. The fourth-order valence-electron chi connectivity index (χ4n) is 0.631. The molecular formula is C9H11NO5. The van der Waals surface area contributed by atoms with Gasteiger partial charge in [0.1, 0.15) is 6.26 Å². The first-order valence-electron chi connectivity index (χ1n) is 4.20. The third-order valence-electron chi connectivity index (χ3n) is 1.78. The second-order valence-corrected chi connectivity index (χ2v) is 3.37. The Labute approximate surface area is 86.3 Å². The van der Waals surface area contributed by atoms with E-state index in [1.54, 1.807) is 12.2 Å². The first-order chi connectivity index (χ1) is 6.94. The van der Waals surface area contributed by atoms with E-state index in [4.69, 9.17) is 9.94 Å². The van der Waals surface area contributed by atoms with Gasteiger partial charge in [0.25, 0.3) is 0 Å². The lowest BCUT2D eigenvalue weighted by Crippen LogP contribution is -2.38. The predicted octanol–water partition coefficient (Wildman–Crippen LogP) is 0.830. The summed E-state index contributed by atoms with van der Waals surface area (Å²) in [6.45, 7) is 2.50. The van der Waals surface area contributed by atoms with E-state index in [0.717, 1.165) is 5.23 Å². The van der Waals surface area contributed by atoms with Crippen molar-refractivity contribution in [1.29, 1.82) is 0 Å². The largest absolute Gasteiger partial charge is 0.480 e. The molecule has 0 amide bonds. The molecule has 0 aromatic carbocycles. The van der Waals surface area contributed by atoms with Crippen molar-refractivity contribution >= 4 is 11.9 Å². The molecular weight excluding hydrogens is 202 g/mol. The van der Waals surface area contributed by atoms with Gasteiger partial charge >= 0.3 is 11.9 Å². The number of allylic oxidation sites excluding steroid dienone is 2. The summed E-state index contributed by atoms with van der Waals surface area (Å²) in [6, 6.07) is 0. The first-order valence-corrected chi connectivity index (χ1v) is 4.20. The summed E-state index contributed by atoms with van der Waals surface area (Å²) < 4.78 is 0. The normalized spacial score (nSPS) is 14.7. The minimum atomic E-state index is -1.61. The highest BCUT2D eigenvalue weighted by molar-refractivity contribution is 5.97. The van der Waals surface area contributed by atoms with Crippen LogP contribution in [0.15, 0.2) is 24.6 Å². The molecule has 82 valence electrons. The van der Waals surface area contributed by atoms with E-state index in [1.165, 1.54) is 26.3 Å². The third kappa shape index (κ3) is 2.49. The average Bonchev–Trinajstić information content (AvgIpc) is 2.18. The maximum atomic E-state index is 11.4. The van der Waals surface area contributed by atoms with Gasteiger partial charge in [0, 0.05) is 0 Å². The van der Waals surface area contributed by atoms with Gasteiger partial charge in [-0.25, -0.2) is 4.79 Å². The number of carbonyl (C=O) groups excluding carboxylic acids is 1. The summed E-state index contributed by atoms with van der Waals surface area (Å²) in [5.74, 6) is -2.17. The molecule has 1 aliphatic heterocycles. The van der Waals surface area contributed by atoms with Gasteiger partial charge in [0.05, 0.1) is 6.20 Å². The van der Waals surface area contributed by atoms with Crippen molar-refractivity contribution in [3.63, 3.8) is 0 Å². The zero-order valence-corrected chi connectivity index (χ0v) is 8.34. The zero-order valence-electron chi connectivity index (χ0n) is 8.34. The predicted molar refractivity (Wildman–Crippen MR) is 48.7 cm³/mol. The van der Waals surface area contributed by atoms with Crippen molar-refractivity contribution in [2.24, 2.45) is 5.41 Å². The molecule has 0 bridgehead atoms. The van der Waals surface area contributed by atoms with Gasteiger partial charge in [-0.3, -0.25) is 4.79 Å². The molecule has 0 radical (unpaired) electrons. The smallest absolute Gasteiger partial charge is 0.353 e. The number of nitrogens with zero attached hydrogens (tertiary/aromatic N) is 1. The summed E-state index contributed by atoms with van der Waals surface area (Å²) >= 11 is 0. The molecule has 1 N–H and O–H groups in total. The van der Waals surface area contributed by atoms with E-state index in [-0.39, 0.29) is 0 Å². The highest BCUT2D eigenvalue weighted by Gasteiger charge is 2.39. The molecule has 0 spiro atoms. The molecule has 1 aliphatic rings. The van der Waals surface area contributed by atoms with E-state index in [9.17, 15) is 9.59 Å². The Morgan fingerprint density at radius 2 is 2.07 bits per heavy atom. The van der Waals surface area contributed by atoms with Crippen molar-refractivity contribution in [2.45, 2.75) is 13.8 Å². The van der Waals surface area contributed by atoms with Gasteiger partial charge < -0.3 is 14.8 Å². The Hall–Kier alpha value is -1.98. The molecule has 0 fully saturated rings. The number of carboxylic acid groups (broad SMARTS) is 1. The van der Waals surface area contributed by atoms with Crippen LogP contribution in [0, 0.1) is 5.41 Å². The van der Waals surface area contributed by atoms with Crippen LogP contribution in [0.1, 0.15) is 13.8 Å². The van der Waals surface area contributed by atoms with Crippen molar-refractivity contribution in [3.05, 3.63) is 24.6 Å². The fraction of sp³-hybridized carbons (Fsp3) is 0.333. The molecule has 0 aliphatic carbocycles. The van der Waals surface area contributed by atoms with Crippen LogP contribution in [0.5, 0.6) is 0 Å². The first kappa shape index (κ1) is 11.1. The molecule has 0 atom stereocenters. The van der Waals surface area contributed by atoms with E-state index in [2.05, 4.69) is 4.84 Å². The summed E-state index contributed by atoms with van der Waals surface area (Å²) in [5, 5.41) is 9.53. The molecule has 6 nitrogen and oxygen atoms in total. The number of aliphatic carboxylic acids is 1. The van der Waals surface area contributed by atoms with Crippen LogP contribution in [-0.4, -0.2) is 22.3 Å². The lowest BCUT2D eigenvalue weighted by atomic mass is 9.94. The number of carbonyl (C=O) groups is 2. The molecule has 0 unspecified atom stereocenters. The minimum Gasteiger partial charge on any atom is -0.480 e. The van der Waals surface area contributed by atoms with Gasteiger partial charge in [0.15, 0.2) is 5.41 Å². The second-order valence-electron chi connectivity index (χ2n) is 3.37. The molecule has 6 heteroatoms. The van der Waals surface area contributed by atoms with Gasteiger partial charge in [-0.05, 0) is 31.2 Å². The highest BCUT2D eigenvalue weighted by atomic mass is 17.0. The van der Waals surface area contributed by atoms with Gasteiger partial charge in [-0.2, -0.15) is 0 Å². The quantitative estimate of drug-likeness (QED) is 0.700. The Morgan fingerprint density at radius 3 is 2.53 bits per heavy atom. The second kappa shape index (κ2) is 4.04. The van der Waals surface area contributed by atoms with E-state index in [0.29, 0.717) is 0 Å². The summed E-state index contributed by atoms with van der Waals surface area (Å²) in [7, 11) is 0. The van der Waals surface area contributed by atoms with Crippen LogP contribution >= 0.6 is 0 Å². The number of hydroxylamine groups is 2. The van der Waals surface area contributed by atoms with E-state index < -0.39 is 17.4 Å². The molecule has 0 saturated carbocycles. The van der Waals surface area contributed by atoms with Crippen molar-refractivity contribution in [1.82, 2.24) is 5.23 Å². The van der Waals surface area contributed by atoms with Crippen LogP contribution in [0.25, 0.3) is 0 Å². The van der Waals surface area contributed by atoms with Crippen LogP contribution in [0.3, 0.4) is 0 Å². The Morgan fingerprint density at radius 1 is 1.40 bits per heavy atom. The van der Waals surface area contributed by atoms with Gasteiger partial charge in [-0.15, -0.1) is 0 Å². The van der Waals surface area contributed by atoms with Crippen LogP contribution in [0.4, 0.5) is 0 Å². The SMILES string of the molecule is CC(C)(C(=O)O)C(=O)ON1C=CC=CO1. The number of rotatable bonds is 3. The number of hydrogen-bond donors (Lipinski definition) is 1. The monoisotopic (exact) mass is 213 g/mol. The molecule has 1 rings (SSSR count). The van der Waals surface area contributed by atoms with Gasteiger partial charge in [-0.1, -0.05) is 0 Å². The maximum absolute atomic E-state index is 11.4. The minimum absolute atomic E-state index is 0.785. The van der Waals surface area contributed by atoms with E-state index in [1.807, 2.05) is 0 Å². The Balaban J connectivity index is 2.59. The molecule has 1 heterocycles. The lowest BCUT2D eigenvalue weighted by Gasteiger charge is -2.22. The van der Waals surface area contributed by atoms with Crippen molar-refractivity contribution < 1.29 is 24.4 Å². The lowest BCUT2D eigenvalue weighted by molar-refractivity contribution is -0.294. The topological polar surface area (TPSA) is 76.1 Å². The molecule has 15 heavy (non-hydrogen) atoms. The average molecular weight is 213 g/mol. The van der Waals surface area contributed by atoms with Crippen LogP contribution < -0.4 is 0 Å². The molecule has 0 aromatic heterocycles. The molecule has 0 aromatic rings. The van der Waals surface area contributed by atoms with E-state index >= 15 is 0 Å². The van der Waals surface area contributed by atoms with Crippen LogP contribution in [-0.2, 0) is 19.3 Å². The summed E-state index contributed by atoms with van der Waals surface area (Å²) in [5.41, 5.74) is -1.61.